The van der Waals surface area contributed by atoms with Crippen LogP contribution in [0.25, 0.3) is 0 Å². The molecule has 5 heteroatoms. The van der Waals surface area contributed by atoms with E-state index in [4.69, 9.17) is 5.11 Å². The molecule has 18 heavy (non-hydrogen) atoms. The summed E-state index contributed by atoms with van der Waals surface area (Å²) in [5.74, 6) is -1.46. The number of para-hydroxylation sites is 1. The van der Waals surface area contributed by atoms with Gasteiger partial charge in [0.05, 0.1) is 11.6 Å². The molecule has 5 nitrogen and oxygen atoms in total. The largest absolute Gasteiger partial charge is 0.481 e. The standard InChI is InChI=1S/C13H14N2O3/c1-9-11(7-8-12(16)17)13(18)15(14-9)10-5-3-2-4-6-10/h2-6,11H,7-8H2,1H3,(H,16,17). The van der Waals surface area contributed by atoms with Gasteiger partial charge < -0.3 is 5.11 Å². The second kappa shape index (κ2) is 5.00. The number of anilines is 1. The maximum Gasteiger partial charge on any atom is 0.303 e. The van der Waals surface area contributed by atoms with E-state index in [9.17, 15) is 9.59 Å². The topological polar surface area (TPSA) is 70.0 Å². The summed E-state index contributed by atoms with van der Waals surface area (Å²) in [6.45, 7) is 1.76. The Morgan fingerprint density at radius 1 is 1.39 bits per heavy atom. The van der Waals surface area contributed by atoms with Crippen molar-refractivity contribution < 1.29 is 14.7 Å². The van der Waals surface area contributed by atoms with Crippen molar-refractivity contribution >= 4 is 23.3 Å². The van der Waals surface area contributed by atoms with E-state index in [2.05, 4.69) is 5.10 Å². The van der Waals surface area contributed by atoms with Crippen molar-refractivity contribution in [3.8, 4) is 0 Å². The van der Waals surface area contributed by atoms with Crippen LogP contribution in [-0.4, -0.2) is 22.7 Å². The van der Waals surface area contributed by atoms with Gasteiger partial charge in [0.25, 0.3) is 5.91 Å². The number of carboxylic acids is 1. The minimum absolute atomic E-state index is 0.0219. The molecule has 0 saturated heterocycles. The van der Waals surface area contributed by atoms with Crippen LogP contribution in [-0.2, 0) is 9.59 Å². The summed E-state index contributed by atoms with van der Waals surface area (Å²) in [6.07, 6.45) is 0.277. The number of benzene rings is 1. The number of carbonyl (C=O) groups is 2. The first-order valence-corrected chi connectivity index (χ1v) is 5.75. The molecular formula is C13H14N2O3. The first-order valence-electron chi connectivity index (χ1n) is 5.75. The normalized spacial score (nSPS) is 18.9. The summed E-state index contributed by atoms with van der Waals surface area (Å²) in [7, 11) is 0. The average Bonchev–Trinajstić information content (AvgIpc) is 2.63. The molecule has 0 saturated carbocycles. The molecule has 0 spiro atoms. The van der Waals surface area contributed by atoms with E-state index in [0.29, 0.717) is 17.8 Å². The molecule has 0 aromatic heterocycles. The summed E-state index contributed by atoms with van der Waals surface area (Å²) in [4.78, 5) is 22.7. The van der Waals surface area contributed by atoms with Crippen LogP contribution < -0.4 is 5.01 Å². The highest BCUT2D eigenvalue weighted by molar-refractivity contribution is 6.14. The van der Waals surface area contributed by atoms with Crippen LogP contribution in [0.1, 0.15) is 19.8 Å². The number of rotatable bonds is 4. The molecule has 2 rings (SSSR count). The SMILES string of the molecule is CC1=NN(c2ccccc2)C(=O)C1CCC(=O)O. The highest BCUT2D eigenvalue weighted by atomic mass is 16.4. The minimum atomic E-state index is -0.895. The first-order chi connectivity index (χ1) is 8.59. The average molecular weight is 246 g/mol. The summed E-state index contributed by atoms with van der Waals surface area (Å²) in [5.41, 5.74) is 1.38. The van der Waals surface area contributed by atoms with Gasteiger partial charge in [-0.1, -0.05) is 18.2 Å². The number of hydrogen-bond donors (Lipinski definition) is 1. The van der Waals surface area contributed by atoms with Gasteiger partial charge in [-0.05, 0) is 25.5 Å². The van der Waals surface area contributed by atoms with Gasteiger partial charge in [-0.3, -0.25) is 9.59 Å². The second-order valence-electron chi connectivity index (χ2n) is 4.21. The molecule has 0 radical (unpaired) electrons. The van der Waals surface area contributed by atoms with Crippen molar-refractivity contribution in [1.82, 2.24) is 0 Å². The first kappa shape index (κ1) is 12.3. The van der Waals surface area contributed by atoms with Crippen molar-refractivity contribution in [3.05, 3.63) is 30.3 Å². The Morgan fingerprint density at radius 3 is 2.67 bits per heavy atom. The fraction of sp³-hybridized carbons (Fsp3) is 0.308. The van der Waals surface area contributed by atoms with Gasteiger partial charge in [0.15, 0.2) is 0 Å². The molecule has 1 aromatic rings. The number of carbonyl (C=O) groups excluding carboxylic acids is 1. The summed E-state index contributed by atoms with van der Waals surface area (Å²) in [5, 5.41) is 14.2. The second-order valence-corrected chi connectivity index (χ2v) is 4.21. The third-order valence-electron chi connectivity index (χ3n) is 2.92. The van der Waals surface area contributed by atoms with Crippen molar-refractivity contribution in [3.63, 3.8) is 0 Å². The Hall–Kier alpha value is -2.17. The maximum absolute atomic E-state index is 12.1. The van der Waals surface area contributed by atoms with Crippen LogP contribution in [0.3, 0.4) is 0 Å². The van der Waals surface area contributed by atoms with E-state index >= 15 is 0 Å². The molecule has 1 amide bonds. The fourth-order valence-electron chi connectivity index (χ4n) is 1.96. The predicted octanol–water partition coefficient (Wildman–Crippen LogP) is 1.89. The van der Waals surface area contributed by atoms with Gasteiger partial charge >= 0.3 is 5.97 Å². The molecule has 1 aliphatic rings. The molecule has 1 aliphatic heterocycles. The van der Waals surface area contributed by atoms with Crippen LogP contribution >= 0.6 is 0 Å². The Morgan fingerprint density at radius 2 is 2.06 bits per heavy atom. The quantitative estimate of drug-likeness (QED) is 0.881. The zero-order valence-electron chi connectivity index (χ0n) is 10.0. The van der Waals surface area contributed by atoms with Crippen LogP contribution in [0, 0.1) is 5.92 Å². The molecular weight excluding hydrogens is 232 g/mol. The Balaban J connectivity index is 2.14. The lowest BCUT2D eigenvalue weighted by Crippen LogP contribution is -2.27. The monoisotopic (exact) mass is 246 g/mol. The van der Waals surface area contributed by atoms with Crippen molar-refractivity contribution in [2.45, 2.75) is 19.8 Å². The van der Waals surface area contributed by atoms with E-state index in [0.717, 1.165) is 0 Å². The Bertz CT molecular complexity index is 496. The van der Waals surface area contributed by atoms with Gasteiger partial charge in [-0.2, -0.15) is 5.10 Å². The maximum atomic E-state index is 12.1. The Kier molecular flexibility index (Phi) is 3.41. The summed E-state index contributed by atoms with van der Waals surface area (Å²) in [6, 6.07) is 9.13. The number of carboxylic acid groups (broad SMARTS) is 1. The molecule has 1 aromatic carbocycles. The van der Waals surface area contributed by atoms with Crippen molar-refractivity contribution in [2.75, 3.05) is 5.01 Å². The van der Waals surface area contributed by atoms with E-state index in [1.807, 2.05) is 18.2 Å². The zero-order chi connectivity index (χ0) is 13.1. The number of nitrogens with zero attached hydrogens (tertiary/aromatic N) is 2. The van der Waals surface area contributed by atoms with Gasteiger partial charge in [0, 0.05) is 12.1 Å². The molecule has 1 atom stereocenters. The number of amides is 1. The highest BCUT2D eigenvalue weighted by Crippen LogP contribution is 2.25. The molecule has 1 N–H and O–H groups in total. The smallest absolute Gasteiger partial charge is 0.303 e. The lowest BCUT2D eigenvalue weighted by Gasteiger charge is -2.13. The molecule has 1 unspecified atom stereocenters. The van der Waals surface area contributed by atoms with Crippen LogP contribution in [0.5, 0.6) is 0 Å². The number of hydrogen-bond acceptors (Lipinski definition) is 3. The van der Waals surface area contributed by atoms with Crippen molar-refractivity contribution in [1.29, 1.82) is 0 Å². The van der Waals surface area contributed by atoms with Crippen molar-refractivity contribution in [2.24, 2.45) is 11.0 Å². The van der Waals surface area contributed by atoms with Gasteiger partial charge in [0.2, 0.25) is 0 Å². The van der Waals surface area contributed by atoms with E-state index < -0.39 is 11.9 Å². The lowest BCUT2D eigenvalue weighted by molar-refractivity contribution is -0.137. The third-order valence-corrected chi connectivity index (χ3v) is 2.92. The summed E-state index contributed by atoms with van der Waals surface area (Å²) < 4.78 is 0. The molecule has 0 fully saturated rings. The van der Waals surface area contributed by atoms with Gasteiger partial charge in [0.1, 0.15) is 0 Å². The van der Waals surface area contributed by atoms with E-state index in [-0.39, 0.29) is 12.3 Å². The van der Waals surface area contributed by atoms with Crippen LogP contribution in [0.15, 0.2) is 35.4 Å². The zero-order valence-corrected chi connectivity index (χ0v) is 10.0. The molecule has 1 heterocycles. The van der Waals surface area contributed by atoms with Gasteiger partial charge in [-0.25, -0.2) is 5.01 Å². The molecule has 0 aliphatic carbocycles. The highest BCUT2D eigenvalue weighted by Gasteiger charge is 2.34. The summed E-state index contributed by atoms with van der Waals surface area (Å²) >= 11 is 0. The van der Waals surface area contributed by atoms with Crippen LogP contribution in [0.4, 0.5) is 5.69 Å². The third kappa shape index (κ3) is 2.40. The predicted molar refractivity (Wildman–Crippen MR) is 67.4 cm³/mol. The molecule has 94 valence electrons. The fourth-order valence-corrected chi connectivity index (χ4v) is 1.96. The van der Waals surface area contributed by atoms with Crippen LogP contribution in [0.2, 0.25) is 0 Å². The Labute approximate surface area is 105 Å². The van der Waals surface area contributed by atoms with E-state index in [1.165, 1.54) is 5.01 Å². The number of hydrazone groups is 1. The van der Waals surface area contributed by atoms with E-state index in [1.54, 1.807) is 19.1 Å². The molecule has 0 bridgehead atoms. The minimum Gasteiger partial charge on any atom is -0.481 e. The number of aliphatic carboxylic acids is 1. The lowest BCUT2D eigenvalue weighted by atomic mass is 9.98. The van der Waals surface area contributed by atoms with Gasteiger partial charge in [-0.15, -0.1) is 0 Å².